The molecule has 0 spiro atoms. The molecule has 0 aliphatic rings. The van der Waals surface area contributed by atoms with E-state index in [9.17, 15) is 4.21 Å². The molecule has 0 saturated carbocycles. The van der Waals surface area contributed by atoms with E-state index in [2.05, 4.69) is 18.2 Å². The van der Waals surface area contributed by atoms with Crippen molar-refractivity contribution >= 4 is 10.8 Å². The zero-order valence-corrected chi connectivity index (χ0v) is 11.3. The maximum Gasteiger partial charge on any atom is 0.0486 e. The van der Waals surface area contributed by atoms with Crippen LogP contribution in [0.5, 0.6) is 0 Å². The van der Waals surface area contributed by atoms with Gasteiger partial charge in [-0.2, -0.15) is 0 Å². The summed E-state index contributed by atoms with van der Waals surface area (Å²) in [5, 5.41) is 8.73. The molecule has 17 heavy (non-hydrogen) atoms. The summed E-state index contributed by atoms with van der Waals surface area (Å²) in [5.74, 6) is 0.995. The Morgan fingerprint density at radius 3 is 2.41 bits per heavy atom. The van der Waals surface area contributed by atoms with E-state index < -0.39 is 10.8 Å². The average Bonchev–Trinajstić information content (AvgIpc) is 2.14. The normalized spacial score (nSPS) is 14.6. The Kier molecular flexibility index (Phi) is 5.82. The van der Waals surface area contributed by atoms with Gasteiger partial charge in [0.15, 0.2) is 0 Å². The molecule has 0 aromatic heterocycles. The monoisotopic (exact) mass is 255 g/mol. The van der Waals surface area contributed by atoms with Crippen molar-refractivity contribution in [2.24, 2.45) is 5.73 Å². The number of benzene rings is 1. The summed E-state index contributed by atoms with van der Waals surface area (Å²) in [5.41, 5.74) is 9.22. The van der Waals surface area contributed by atoms with Crippen LogP contribution in [0.4, 0.5) is 0 Å². The van der Waals surface area contributed by atoms with E-state index in [1.165, 1.54) is 11.1 Å². The summed E-state index contributed by atoms with van der Waals surface area (Å²) in [6.45, 7) is 4.13. The molecule has 0 fully saturated rings. The maximum absolute atomic E-state index is 11.9. The van der Waals surface area contributed by atoms with Crippen molar-refractivity contribution in [2.45, 2.75) is 32.1 Å². The molecule has 96 valence electrons. The SMILES string of the molecule is Cc1cc(C)cc(CS(=O)CC(N)CCO)c1. The van der Waals surface area contributed by atoms with E-state index in [4.69, 9.17) is 10.8 Å². The molecule has 0 amide bonds. The Balaban J connectivity index is 2.56. The van der Waals surface area contributed by atoms with Crippen LogP contribution in [0, 0.1) is 13.8 Å². The number of hydrogen-bond acceptors (Lipinski definition) is 3. The molecule has 1 rings (SSSR count). The summed E-state index contributed by atoms with van der Waals surface area (Å²) in [6.07, 6.45) is 0.512. The summed E-state index contributed by atoms with van der Waals surface area (Å²) >= 11 is 0. The Morgan fingerprint density at radius 2 is 1.88 bits per heavy atom. The van der Waals surface area contributed by atoms with E-state index in [-0.39, 0.29) is 12.6 Å². The quantitative estimate of drug-likeness (QED) is 0.804. The number of aliphatic hydroxyl groups excluding tert-OH is 1. The Morgan fingerprint density at radius 1 is 1.29 bits per heavy atom. The standard InChI is InChI=1S/C13H21NO2S/c1-10-5-11(2)7-12(6-10)8-17(16)9-13(14)3-4-15/h5-7,13,15H,3-4,8-9,14H2,1-2H3. The molecule has 0 aliphatic carbocycles. The van der Waals surface area contributed by atoms with E-state index in [1.807, 2.05) is 13.8 Å². The van der Waals surface area contributed by atoms with Crippen molar-refractivity contribution in [1.82, 2.24) is 0 Å². The molecule has 2 atom stereocenters. The van der Waals surface area contributed by atoms with Gasteiger partial charge in [-0.05, 0) is 25.8 Å². The molecule has 1 aromatic rings. The van der Waals surface area contributed by atoms with E-state index in [0.717, 1.165) is 5.56 Å². The van der Waals surface area contributed by atoms with E-state index in [1.54, 1.807) is 0 Å². The zero-order chi connectivity index (χ0) is 12.8. The van der Waals surface area contributed by atoms with E-state index >= 15 is 0 Å². The molecule has 1 aromatic carbocycles. The first kappa shape index (κ1) is 14.4. The number of rotatable bonds is 6. The molecule has 0 heterocycles. The fourth-order valence-electron chi connectivity index (χ4n) is 1.89. The third-order valence-electron chi connectivity index (χ3n) is 2.51. The van der Waals surface area contributed by atoms with Gasteiger partial charge in [0, 0.05) is 35.0 Å². The van der Waals surface area contributed by atoms with Gasteiger partial charge < -0.3 is 10.8 Å². The Hall–Kier alpha value is -0.710. The molecule has 3 nitrogen and oxygen atoms in total. The third-order valence-corrected chi connectivity index (χ3v) is 3.96. The van der Waals surface area contributed by atoms with Gasteiger partial charge >= 0.3 is 0 Å². The largest absolute Gasteiger partial charge is 0.396 e. The highest BCUT2D eigenvalue weighted by molar-refractivity contribution is 7.84. The van der Waals surface area contributed by atoms with Gasteiger partial charge in [-0.1, -0.05) is 29.3 Å². The average molecular weight is 255 g/mol. The van der Waals surface area contributed by atoms with Crippen LogP contribution in [0.2, 0.25) is 0 Å². The van der Waals surface area contributed by atoms with Crippen LogP contribution < -0.4 is 5.73 Å². The van der Waals surface area contributed by atoms with Gasteiger partial charge in [-0.15, -0.1) is 0 Å². The zero-order valence-electron chi connectivity index (χ0n) is 10.5. The second-order valence-electron chi connectivity index (χ2n) is 4.52. The van der Waals surface area contributed by atoms with Crippen LogP contribution in [0.25, 0.3) is 0 Å². The van der Waals surface area contributed by atoms with Crippen molar-refractivity contribution in [3.63, 3.8) is 0 Å². The van der Waals surface area contributed by atoms with Gasteiger partial charge in [0.1, 0.15) is 0 Å². The second kappa shape index (κ2) is 6.89. The van der Waals surface area contributed by atoms with Gasteiger partial charge in [0.05, 0.1) is 0 Å². The van der Waals surface area contributed by atoms with Crippen molar-refractivity contribution in [3.05, 3.63) is 34.9 Å². The van der Waals surface area contributed by atoms with Crippen LogP contribution in [0.15, 0.2) is 18.2 Å². The smallest absolute Gasteiger partial charge is 0.0486 e. The molecule has 0 saturated heterocycles. The lowest BCUT2D eigenvalue weighted by molar-refractivity contribution is 0.279. The predicted molar refractivity (Wildman–Crippen MR) is 72.3 cm³/mol. The topological polar surface area (TPSA) is 63.3 Å². The minimum Gasteiger partial charge on any atom is -0.396 e. The molecule has 0 bridgehead atoms. The Bertz CT molecular complexity index is 373. The molecule has 4 heteroatoms. The summed E-state index contributed by atoms with van der Waals surface area (Å²) in [4.78, 5) is 0. The second-order valence-corrected chi connectivity index (χ2v) is 6.02. The molecular weight excluding hydrogens is 234 g/mol. The van der Waals surface area contributed by atoms with Crippen molar-refractivity contribution < 1.29 is 9.32 Å². The number of hydrogen-bond donors (Lipinski definition) is 2. The molecule has 0 aliphatic heterocycles. The van der Waals surface area contributed by atoms with Crippen LogP contribution >= 0.6 is 0 Å². The first-order chi connectivity index (χ1) is 8.01. The maximum atomic E-state index is 11.9. The fourth-order valence-corrected chi connectivity index (χ4v) is 3.19. The minimum atomic E-state index is -0.955. The van der Waals surface area contributed by atoms with Gasteiger partial charge in [0.2, 0.25) is 0 Å². The van der Waals surface area contributed by atoms with Crippen molar-refractivity contribution in [2.75, 3.05) is 12.4 Å². The van der Waals surface area contributed by atoms with Crippen LogP contribution in [0.1, 0.15) is 23.1 Å². The van der Waals surface area contributed by atoms with E-state index in [0.29, 0.717) is 17.9 Å². The lowest BCUT2D eigenvalue weighted by Crippen LogP contribution is -2.28. The lowest BCUT2D eigenvalue weighted by Gasteiger charge is -2.10. The highest BCUT2D eigenvalue weighted by Crippen LogP contribution is 2.11. The minimum absolute atomic E-state index is 0.0575. The predicted octanol–water partition coefficient (Wildman–Crippen LogP) is 1.26. The first-order valence-corrected chi connectivity index (χ1v) is 7.28. The number of aliphatic hydroxyl groups is 1. The van der Waals surface area contributed by atoms with Gasteiger partial charge in [0.25, 0.3) is 0 Å². The van der Waals surface area contributed by atoms with Crippen LogP contribution in [-0.4, -0.2) is 27.7 Å². The summed E-state index contributed by atoms with van der Waals surface area (Å²) < 4.78 is 11.9. The molecule has 0 radical (unpaired) electrons. The van der Waals surface area contributed by atoms with Crippen LogP contribution in [0.3, 0.4) is 0 Å². The van der Waals surface area contributed by atoms with Gasteiger partial charge in [-0.3, -0.25) is 4.21 Å². The van der Waals surface area contributed by atoms with Crippen molar-refractivity contribution in [3.8, 4) is 0 Å². The summed E-state index contributed by atoms with van der Waals surface area (Å²) in [6, 6.07) is 6.04. The third kappa shape index (κ3) is 5.44. The Labute approximate surface area is 105 Å². The van der Waals surface area contributed by atoms with Crippen molar-refractivity contribution in [1.29, 1.82) is 0 Å². The summed E-state index contributed by atoms with van der Waals surface area (Å²) in [7, 11) is -0.955. The number of aryl methyl sites for hydroxylation is 2. The van der Waals surface area contributed by atoms with Crippen LogP contribution in [-0.2, 0) is 16.6 Å². The first-order valence-electron chi connectivity index (χ1n) is 5.80. The molecule has 3 N–H and O–H groups in total. The molecule has 2 unspecified atom stereocenters. The lowest BCUT2D eigenvalue weighted by atomic mass is 10.1. The fraction of sp³-hybridized carbons (Fsp3) is 0.538. The highest BCUT2D eigenvalue weighted by atomic mass is 32.2. The number of nitrogens with two attached hydrogens (primary N) is 1. The molecular formula is C13H21NO2S. The van der Waals surface area contributed by atoms with Gasteiger partial charge in [-0.25, -0.2) is 0 Å². The highest BCUT2D eigenvalue weighted by Gasteiger charge is 2.08.